The van der Waals surface area contributed by atoms with E-state index in [0.29, 0.717) is 5.84 Å². The smallest absolute Gasteiger partial charge is 0.203 e. The molecule has 0 aliphatic carbocycles. The lowest BCUT2D eigenvalue weighted by Crippen LogP contribution is -1.83. The molecule has 0 spiro atoms. The van der Waals surface area contributed by atoms with Crippen molar-refractivity contribution in [1.82, 2.24) is 9.97 Å². The molecule has 1 aromatic rings. The zero-order valence-electron chi connectivity index (χ0n) is 7.15. The summed E-state index contributed by atoms with van der Waals surface area (Å²) < 4.78 is 0. The van der Waals surface area contributed by atoms with Crippen LogP contribution in [-0.2, 0) is 0 Å². The normalized spacial score (nSPS) is 15.4. The van der Waals surface area contributed by atoms with E-state index in [1.165, 1.54) is 12.7 Å². The molecule has 6 heteroatoms. The van der Waals surface area contributed by atoms with Crippen LogP contribution in [0.4, 0.5) is 0 Å². The predicted octanol–water partition coefficient (Wildman–Crippen LogP) is 1.21. The SMILES string of the molecule is C1=NC2=CN=NC2=N1.c1cncnc1. The number of aliphatic imine (C=N–C) groups is 2. The summed E-state index contributed by atoms with van der Waals surface area (Å²) in [5, 5.41) is 7.24. The Labute approximate surface area is 79.9 Å². The molecule has 0 radical (unpaired) electrons. The van der Waals surface area contributed by atoms with E-state index in [1.54, 1.807) is 24.7 Å². The summed E-state index contributed by atoms with van der Waals surface area (Å²) in [6.45, 7) is 0. The van der Waals surface area contributed by atoms with Crippen molar-refractivity contribution in [1.29, 1.82) is 0 Å². The molecule has 2 aliphatic heterocycles. The van der Waals surface area contributed by atoms with Gasteiger partial charge in [0, 0.05) is 12.4 Å². The Kier molecular flexibility index (Phi) is 2.46. The molecule has 0 N–H and O–H groups in total. The second kappa shape index (κ2) is 4.13. The molecule has 2 aliphatic rings. The molecule has 0 unspecified atom stereocenters. The van der Waals surface area contributed by atoms with Crippen LogP contribution in [0.1, 0.15) is 0 Å². The zero-order chi connectivity index (χ0) is 9.64. The number of hydrogen-bond acceptors (Lipinski definition) is 6. The van der Waals surface area contributed by atoms with Crippen molar-refractivity contribution in [3.05, 3.63) is 36.7 Å². The molecule has 0 saturated heterocycles. The largest absolute Gasteiger partial charge is 0.245 e. The summed E-state index contributed by atoms with van der Waals surface area (Å²) in [6.07, 6.45) is 7.93. The van der Waals surface area contributed by atoms with Gasteiger partial charge < -0.3 is 0 Å². The van der Waals surface area contributed by atoms with Gasteiger partial charge in [-0.3, -0.25) is 0 Å². The van der Waals surface area contributed by atoms with E-state index < -0.39 is 0 Å². The van der Waals surface area contributed by atoms with Gasteiger partial charge in [-0.05, 0) is 6.07 Å². The van der Waals surface area contributed by atoms with Gasteiger partial charge >= 0.3 is 0 Å². The Hall–Kier alpha value is -2.24. The maximum Gasteiger partial charge on any atom is 0.203 e. The van der Waals surface area contributed by atoms with Crippen LogP contribution in [0.5, 0.6) is 0 Å². The topological polar surface area (TPSA) is 75.2 Å². The standard InChI is InChI=1S/C4H2N4.C4H4N2/c1-3-4(8-7-1)6-2-5-3;1-2-5-4-6-3-1/h1-2H;1-4H. The molecule has 0 atom stereocenters. The fourth-order valence-corrected chi connectivity index (χ4v) is 0.829. The number of fused-ring (bicyclic) bond motifs is 1. The van der Waals surface area contributed by atoms with E-state index in [9.17, 15) is 0 Å². The van der Waals surface area contributed by atoms with Crippen molar-refractivity contribution in [2.45, 2.75) is 0 Å². The van der Waals surface area contributed by atoms with Crippen LogP contribution in [0, 0.1) is 0 Å². The molecule has 3 rings (SSSR count). The lowest BCUT2D eigenvalue weighted by atomic mass is 10.5. The molecule has 0 bridgehead atoms. The van der Waals surface area contributed by atoms with Crippen molar-refractivity contribution in [3.63, 3.8) is 0 Å². The Balaban J connectivity index is 0.000000112. The van der Waals surface area contributed by atoms with E-state index in [4.69, 9.17) is 0 Å². The number of nitrogens with zero attached hydrogens (tertiary/aromatic N) is 6. The first-order valence-corrected chi connectivity index (χ1v) is 3.88. The molecule has 0 saturated carbocycles. The van der Waals surface area contributed by atoms with Gasteiger partial charge in [-0.2, -0.15) is 5.11 Å². The minimum Gasteiger partial charge on any atom is -0.245 e. The summed E-state index contributed by atoms with van der Waals surface area (Å²) in [4.78, 5) is 15.0. The monoisotopic (exact) mass is 186 g/mol. The summed E-state index contributed by atoms with van der Waals surface area (Å²) in [5.74, 6) is 0.630. The van der Waals surface area contributed by atoms with E-state index in [-0.39, 0.29) is 0 Å². The quantitative estimate of drug-likeness (QED) is 0.610. The summed E-state index contributed by atoms with van der Waals surface area (Å²) in [5.41, 5.74) is 0.769. The van der Waals surface area contributed by atoms with E-state index in [1.807, 2.05) is 0 Å². The molecule has 1 aromatic heterocycles. The van der Waals surface area contributed by atoms with Crippen LogP contribution in [-0.4, -0.2) is 22.1 Å². The molecule has 0 aromatic carbocycles. The van der Waals surface area contributed by atoms with Crippen LogP contribution in [0.25, 0.3) is 0 Å². The van der Waals surface area contributed by atoms with Gasteiger partial charge in [-0.1, -0.05) is 0 Å². The van der Waals surface area contributed by atoms with Gasteiger partial charge in [0.1, 0.15) is 18.4 Å². The second-order valence-electron chi connectivity index (χ2n) is 2.33. The third-order valence-corrected chi connectivity index (χ3v) is 1.42. The molecule has 6 nitrogen and oxygen atoms in total. The van der Waals surface area contributed by atoms with Gasteiger partial charge in [-0.25, -0.2) is 20.0 Å². The number of hydrogen-bond donors (Lipinski definition) is 0. The first-order valence-electron chi connectivity index (χ1n) is 3.88. The number of amidine groups is 1. The average Bonchev–Trinajstić information content (AvgIpc) is 2.82. The maximum atomic E-state index is 3.84. The van der Waals surface area contributed by atoms with Gasteiger partial charge in [0.05, 0.1) is 6.20 Å². The minimum atomic E-state index is 0.630. The maximum absolute atomic E-state index is 3.84. The highest BCUT2D eigenvalue weighted by atomic mass is 15.2. The number of rotatable bonds is 0. The van der Waals surface area contributed by atoms with Crippen molar-refractivity contribution < 1.29 is 0 Å². The van der Waals surface area contributed by atoms with E-state index in [2.05, 4.69) is 30.2 Å². The fourth-order valence-electron chi connectivity index (χ4n) is 0.829. The lowest BCUT2D eigenvalue weighted by molar-refractivity contribution is 1.17. The highest BCUT2D eigenvalue weighted by Gasteiger charge is 2.12. The Morgan fingerprint density at radius 3 is 2.50 bits per heavy atom. The van der Waals surface area contributed by atoms with Crippen molar-refractivity contribution in [3.8, 4) is 0 Å². The average molecular weight is 186 g/mol. The number of aromatic nitrogens is 2. The molecular formula is C8H6N6. The third-order valence-electron chi connectivity index (χ3n) is 1.42. The Morgan fingerprint density at radius 1 is 1.07 bits per heavy atom. The Bertz CT molecular complexity index is 364. The van der Waals surface area contributed by atoms with E-state index >= 15 is 0 Å². The van der Waals surface area contributed by atoms with Crippen LogP contribution in [0.15, 0.2) is 56.9 Å². The molecular weight excluding hydrogens is 180 g/mol. The zero-order valence-corrected chi connectivity index (χ0v) is 7.15. The van der Waals surface area contributed by atoms with Gasteiger partial charge in [0.2, 0.25) is 5.84 Å². The molecule has 0 fully saturated rings. The highest BCUT2D eigenvalue weighted by molar-refractivity contribution is 6.07. The van der Waals surface area contributed by atoms with Crippen molar-refractivity contribution >= 4 is 12.2 Å². The van der Waals surface area contributed by atoms with Crippen LogP contribution in [0.3, 0.4) is 0 Å². The molecule has 3 heterocycles. The summed E-state index contributed by atoms with van der Waals surface area (Å²) in [7, 11) is 0. The summed E-state index contributed by atoms with van der Waals surface area (Å²) >= 11 is 0. The highest BCUT2D eigenvalue weighted by Crippen LogP contribution is 2.12. The van der Waals surface area contributed by atoms with Crippen LogP contribution in [0.2, 0.25) is 0 Å². The second-order valence-corrected chi connectivity index (χ2v) is 2.33. The van der Waals surface area contributed by atoms with Crippen LogP contribution >= 0.6 is 0 Å². The van der Waals surface area contributed by atoms with Gasteiger partial charge in [-0.15, -0.1) is 5.11 Å². The van der Waals surface area contributed by atoms with Crippen LogP contribution < -0.4 is 0 Å². The molecule has 14 heavy (non-hydrogen) atoms. The molecule has 68 valence electrons. The molecule has 0 amide bonds. The first-order chi connectivity index (χ1) is 6.97. The van der Waals surface area contributed by atoms with Crippen molar-refractivity contribution in [2.24, 2.45) is 20.2 Å². The lowest BCUT2D eigenvalue weighted by Gasteiger charge is -1.76. The predicted molar refractivity (Wildman–Crippen MR) is 50.9 cm³/mol. The van der Waals surface area contributed by atoms with E-state index in [0.717, 1.165) is 5.70 Å². The third kappa shape index (κ3) is 1.92. The van der Waals surface area contributed by atoms with Gasteiger partial charge in [0.15, 0.2) is 0 Å². The fraction of sp³-hybridized carbons (Fsp3) is 0. The first kappa shape index (κ1) is 8.36. The Morgan fingerprint density at radius 2 is 1.93 bits per heavy atom. The van der Waals surface area contributed by atoms with Crippen molar-refractivity contribution in [2.75, 3.05) is 0 Å². The minimum absolute atomic E-state index is 0.630. The summed E-state index contributed by atoms with van der Waals surface area (Å²) in [6, 6.07) is 1.78. The van der Waals surface area contributed by atoms with Gasteiger partial charge in [0.25, 0.3) is 0 Å². The number of azo groups is 1.